The van der Waals surface area contributed by atoms with Gasteiger partial charge in [0.25, 0.3) is 0 Å². The summed E-state index contributed by atoms with van der Waals surface area (Å²) >= 11 is 0. The van der Waals surface area contributed by atoms with E-state index in [1.807, 2.05) is 18.2 Å². The van der Waals surface area contributed by atoms with Crippen molar-refractivity contribution in [2.45, 2.75) is 58.5 Å². The first-order chi connectivity index (χ1) is 12.1. The van der Waals surface area contributed by atoms with Gasteiger partial charge in [-0.15, -0.1) is 0 Å². The zero-order valence-corrected chi connectivity index (χ0v) is 15.3. The third kappa shape index (κ3) is 5.45. The third-order valence-corrected chi connectivity index (χ3v) is 5.12. The second kappa shape index (κ2) is 8.33. The molecule has 2 nitrogen and oxygen atoms in total. The topological polar surface area (TPSA) is 26.3 Å². The van der Waals surface area contributed by atoms with E-state index in [9.17, 15) is 4.79 Å². The van der Waals surface area contributed by atoms with Crippen LogP contribution in [-0.4, -0.2) is 11.9 Å². The average molecular weight is 336 g/mol. The number of carbonyl (C=O) groups excluding carboxylic acids is 1. The molecule has 0 radical (unpaired) electrons. The molecule has 0 spiro atoms. The lowest BCUT2D eigenvalue weighted by atomic mass is 9.83. The average Bonchev–Trinajstić information content (AvgIpc) is 2.59. The smallest absolute Gasteiger partial charge is 0.137 e. The van der Waals surface area contributed by atoms with Crippen LogP contribution in [0.25, 0.3) is 0 Å². The molecule has 0 saturated heterocycles. The van der Waals surface area contributed by atoms with Crippen LogP contribution >= 0.6 is 0 Å². The number of Topliss-reactive ketones (excluding diaryl/α,β-unsaturated/α-hetero) is 1. The standard InChI is InChI=1S/C23H28O2/c1-17-6-10-22(11-7-17)25-23-12-8-19(9-13-23)15-21(24)16-20-5-3-4-18(2)14-20/h3-7,10-11,14,19,23H,8-9,12-13,15-16H2,1-2H3. The molecule has 25 heavy (non-hydrogen) atoms. The minimum Gasteiger partial charge on any atom is -0.490 e. The van der Waals surface area contributed by atoms with Crippen LogP contribution in [0, 0.1) is 19.8 Å². The molecule has 0 aliphatic heterocycles. The van der Waals surface area contributed by atoms with Crippen molar-refractivity contribution < 1.29 is 9.53 Å². The minimum absolute atomic E-state index is 0.297. The first kappa shape index (κ1) is 17.7. The van der Waals surface area contributed by atoms with E-state index in [1.165, 1.54) is 11.1 Å². The highest BCUT2D eigenvalue weighted by atomic mass is 16.5. The molecule has 0 unspecified atom stereocenters. The van der Waals surface area contributed by atoms with Crippen LogP contribution in [0.15, 0.2) is 48.5 Å². The van der Waals surface area contributed by atoms with Gasteiger partial charge in [-0.1, -0.05) is 47.5 Å². The van der Waals surface area contributed by atoms with Crippen molar-refractivity contribution in [3.8, 4) is 5.75 Å². The maximum Gasteiger partial charge on any atom is 0.137 e. The zero-order chi connectivity index (χ0) is 17.6. The fourth-order valence-corrected chi connectivity index (χ4v) is 3.71. The lowest BCUT2D eigenvalue weighted by Gasteiger charge is -2.28. The molecule has 0 amide bonds. The number of hydrogen-bond donors (Lipinski definition) is 0. The Morgan fingerprint density at radius 1 is 0.960 bits per heavy atom. The van der Waals surface area contributed by atoms with Gasteiger partial charge < -0.3 is 4.74 Å². The molecule has 3 rings (SSSR count). The Morgan fingerprint density at radius 2 is 1.68 bits per heavy atom. The quantitative estimate of drug-likeness (QED) is 0.702. The van der Waals surface area contributed by atoms with E-state index in [0.717, 1.165) is 37.0 Å². The summed E-state index contributed by atoms with van der Waals surface area (Å²) in [4.78, 5) is 12.4. The molecule has 0 atom stereocenters. The van der Waals surface area contributed by atoms with Gasteiger partial charge in [0.2, 0.25) is 0 Å². The van der Waals surface area contributed by atoms with Gasteiger partial charge in [0.1, 0.15) is 11.5 Å². The molecule has 1 aliphatic rings. The minimum atomic E-state index is 0.297. The summed E-state index contributed by atoms with van der Waals surface area (Å²) < 4.78 is 6.09. The summed E-state index contributed by atoms with van der Waals surface area (Å²) in [6.45, 7) is 4.16. The van der Waals surface area contributed by atoms with Crippen molar-refractivity contribution in [3.05, 3.63) is 65.2 Å². The Bertz CT molecular complexity index is 694. The highest BCUT2D eigenvalue weighted by Crippen LogP contribution is 2.30. The first-order valence-electron chi connectivity index (χ1n) is 9.39. The monoisotopic (exact) mass is 336 g/mol. The summed E-state index contributed by atoms with van der Waals surface area (Å²) in [7, 11) is 0. The van der Waals surface area contributed by atoms with Crippen molar-refractivity contribution >= 4 is 5.78 Å². The van der Waals surface area contributed by atoms with Crippen LogP contribution in [0.5, 0.6) is 5.75 Å². The molecule has 0 bridgehead atoms. The molecule has 1 aliphatic carbocycles. The molecule has 0 N–H and O–H groups in total. The van der Waals surface area contributed by atoms with Crippen LogP contribution in [0.2, 0.25) is 0 Å². The summed E-state index contributed by atoms with van der Waals surface area (Å²) in [6, 6.07) is 16.5. The van der Waals surface area contributed by atoms with Crippen LogP contribution < -0.4 is 4.74 Å². The van der Waals surface area contributed by atoms with E-state index in [1.54, 1.807) is 0 Å². The number of benzene rings is 2. The Hall–Kier alpha value is -2.09. The maximum atomic E-state index is 12.4. The van der Waals surface area contributed by atoms with Crippen molar-refractivity contribution in [3.63, 3.8) is 0 Å². The van der Waals surface area contributed by atoms with Crippen molar-refractivity contribution in [2.75, 3.05) is 0 Å². The largest absolute Gasteiger partial charge is 0.490 e. The number of ketones is 1. The zero-order valence-electron chi connectivity index (χ0n) is 15.3. The molecule has 2 aromatic rings. The lowest BCUT2D eigenvalue weighted by Crippen LogP contribution is -2.25. The van der Waals surface area contributed by atoms with Crippen molar-refractivity contribution in [1.82, 2.24) is 0 Å². The molecule has 1 saturated carbocycles. The van der Waals surface area contributed by atoms with Gasteiger partial charge in [-0.3, -0.25) is 4.79 Å². The van der Waals surface area contributed by atoms with Gasteiger partial charge in [0, 0.05) is 12.8 Å². The van der Waals surface area contributed by atoms with Crippen LogP contribution in [0.3, 0.4) is 0 Å². The van der Waals surface area contributed by atoms with E-state index in [4.69, 9.17) is 4.74 Å². The highest BCUT2D eigenvalue weighted by molar-refractivity contribution is 5.81. The molecule has 2 heteroatoms. The van der Waals surface area contributed by atoms with E-state index >= 15 is 0 Å². The van der Waals surface area contributed by atoms with Gasteiger partial charge in [0.15, 0.2) is 0 Å². The molecular weight excluding hydrogens is 308 g/mol. The fraction of sp³-hybridized carbons (Fsp3) is 0.435. The lowest BCUT2D eigenvalue weighted by molar-refractivity contribution is -0.119. The number of rotatable bonds is 6. The predicted molar refractivity (Wildman–Crippen MR) is 102 cm³/mol. The Kier molecular flexibility index (Phi) is 5.91. The summed E-state index contributed by atoms with van der Waals surface area (Å²) in [5.41, 5.74) is 3.61. The summed E-state index contributed by atoms with van der Waals surface area (Å²) in [5, 5.41) is 0. The number of carbonyl (C=O) groups is 1. The first-order valence-corrected chi connectivity index (χ1v) is 9.39. The van der Waals surface area contributed by atoms with Crippen molar-refractivity contribution in [1.29, 1.82) is 0 Å². The van der Waals surface area contributed by atoms with Crippen molar-refractivity contribution in [2.24, 2.45) is 5.92 Å². The Balaban J connectivity index is 1.42. The van der Waals surface area contributed by atoms with Gasteiger partial charge >= 0.3 is 0 Å². The van der Waals surface area contributed by atoms with E-state index < -0.39 is 0 Å². The molecule has 0 heterocycles. The highest BCUT2D eigenvalue weighted by Gasteiger charge is 2.24. The molecule has 2 aromatic carbocycles. The number of ether oxygens (including phenoxy) is 1. The Morgan fingerprint density at radius 3 is 2.36 bits per heavy atom. The van der Waals surface area contributed by atoms with E-state index in [0.29, 0.717) is 30.6 Å². The van der Waals surface area contributed by atoms with E-state index in [-0.39, 0.29) is 0 Å². The molecular formula is C23H28O2. The number of hydrogen-bond acceptors (Lipinski definition) is 2. The number of aryl methyl sites for hydroxylation is 2. The van der Waals surface area contributed by atoms with Crippen LogP contribution in [0.4, 0.5) is 0 Å². The predicted octanol–water partition coefficient (Wildman–Crippen LogP) is 5.44. The fourth-order valence-electron chi connectivity index (χ4n) is 3.71. The van der Waals surface area contributed by atoms with Gasteiger partial charge in [-0.05, 0) is 63.1 Å². The van der Waals surface area contributed by atoms with Crippen LogP contribution in [-0.2, 0) is 11.2 Å². The van der Waals surface area contributed by atoms with Gasteiger partial charge in [0.05, 0.1) is 6.10 Å². The Labute approximate surface area is 151 Å². The second-order valence-electron chi connectivity index (χ2n) is 7.48. The summed E-state index contributed by atoms with van der Waals surface area (Å²) in [6.07, 6.45) is 5.87. The maximum absolute atomic E-state index is 12.4. The summed E-state index contributed by atoms with van der Waals surface area (Å²) in [5.74, 6) is 1.85. The normalized spacial score (nSPS) is 20.2. The molecule has 0 aromatic heterocycles. The molecule has 132 valence electrons. The molecule has 1 fully saturated rings. The van der Waals surface area contributed by atoms with Gasteiger partial charge in [-0.25, -0.2) is 0 Å². The van der Waals surface area contributed by atoms with Gasteiger partial charge in [-0.2, -0.15) is 0 Å². The third-order valence-electron chi connectivity index (χ3n) is 5.12. The second-order valence-corrected chi connectivity index (χ2v) is 7.48. The van der Waals surface area contributed by atoms with Crippen LogP contribution in [0.1, 0.15) is 48.8 Å². The van der Waals surface area contributed by atoms with E-state index in [2.05, 4.69) is 44.2 Å². The SMILES string of the molecule is Cc1ccc(OC2CCC(CC(=O)Cc3cccc(C)c3)CC2)cc1.